The molecule has 0 bridgehead atoms. The zero-order valence-electron chi connectivity index (χ0n) is 39.2. The Hall–Kier alpha value is -4.54. The van der Waals surface area contributed by atoms with E-state index in [0.29, 0.717) is 66.2 Å². The van der Waals surface area contributed by atoms with Crippen LogP contribution in [-0.2, 0) is 9.59 Å². The Morgan fingerprint density at radius 1 is 0.485 bits per heavy atom. The summed E-state index contributed by atoms with van der Waals surface area (Å²) < 4.78 is 1.10. The number of hydrogen-bond acceptors (Lipinski definition) is 8. The monoisotopic (exact) mass is 992 g/mol. The van der Waals surface area contributed by atoms with Crippen molar-refractivity contribution in [3.05, 3.63) is 160 Å². The Kier molecular flexibility index (Phi) is 13.8. The second kappa shape index (κ2) is 18.5. The average molecular weight is 995 g/mol. The van der Waals surface area contributed by atoms with Gasteiger partial charge in [-0.3, -0.25) is 9.59 Å². The zero-order valence-corrected chi connectivity index (χ0v) is 43.8. The van der Waals surface area contributed by atoms with Gasteiger partial charge in [-0.15, -0.1) is 43.1 Å². The number of carbonyl (C=O) groups excluding carboxylic acids is 2. The van der Waals surface area contributed by atoms with Gasteiger partial charge in [-0.2, -0.15) is 0 Å². The molecule has 340 valence electrons. The van der Waals surface area contributed by atoms with Crippen molar-refractivity contribution in [3.8, 4) is 11.1 Å². The van der Waals surface area contributed by atoms with E-state index in [4.69, 9.17) is 61.7 Å². The van der Waals surface area contributed by atoms with Gasteiger partial charge >= 0.3 is 0 Å². The summed E-state index contributed by atoms with van der Waals surface area (Å²) in [5.74, 6) is 0.0674. The summed E-state index contributed by atoms with van der Waals surface area (Å²) in [5.41, 5.74) is 5.71. The van der Waals surface area contributed by atoms with Gasteiger partial charge in [0.15, 0.2) is 11.6 Å². The van der Waals surface area contributed by atoms with Crippen LogP contribution in [0.1, 0.15) is 92.8 Å². The molecule has 0 aliphatic heterocycles. The van der Waals surface area contributed by atoms with Crippen LogP contribution >= 0.6 is 69.1 Å². The average Bonchev–Trinajstić information content (AvgIpc) is 3.90. The van der Waals surface area contributed by atoms with Crippen molar-refractivity contribution in [2.45, 2.75) is 83.1 Å². The molecule has 0 amide bonds. The van der Waals surface area contributed by atoms with E-state index in [9.17, 15) is 9.59 Å². The second-order valence-corrected chi connectivity index (χ2v) is 24.3. The molecule has 3 aromatic carbocycles. The van der Waals surface area contributed by atoms with E-state index in [2.05, 4.69) is 23.3 Å². The van der Waals surface area contributed by atoms with E-state index in [0.717, 1.165) is 31.0 Å². The Labute approximate surface area is 416 Å². The Bertz CT molecular complexity index is 2970. The number of nitrogens with zero attached hydrogens (tertiary/aromatic N) is 4. The predicted octanol–water partition coefficient (Wildman–Crippen LogP) is 19.3. The van der Waals surface area contributed by atoms with Crippen LogP contribution in [0.2, 0.25) is 20.1 Å². The lowest BCUT2D eigenvalue weighted by atomic mass is 9.71. The molecule has 5 aromatic rings. The van der Waals surface area contributed by atoms with Gasteiger partial charge in [0.1, 0.15) is 22.8 Å². The zero-order chi connectivity index (χ0) is 48.3. The molecule has 0 N–H and O–H groups in total. The fraction of sp³-hybridized carbons (Fsp3) is 0.296. The molecule has 2 aliphatic carbocycles. The van der Waals surface area contributed by atoms with Crippen molar-refractivity contribution in [1.82, 2.24) is 0 Å². The van der Waals surface area contributed by atoms with E-state index in [1.807, 2.05) is 137 Å². The van der Waals surface area contributed by atoms with Crippen molar-refractivity contribution >= 4 is 113 Å². The molecule has 6 nitrogen and oxygen atoms in total. The predicted molar refractivity (Wildman–Crippen MR) is 281 cm³/mol. The maximum atomic E-state index is 13.9. The molecule has 2 heterocycles. The van der Waals surface area contributed by atoms with Crippen molar-refractivity contribution in [1.29, 1.82) is 0 Å². The van der Waals surface area contributed by atoms with Crippen molar-refractivity contribution < 1.29 is 9.59 Å². The molecule has 0 saturated carbocycles. The Morgan fingerprint density at radius 3 is 1.27 bits per heavy atom. The number of thiophene rings is 2. The first-order valence-corrected chi connectivity index (χ1v) is 24.7. The number of carbonyl (C=O) groups is 2. The molecule has 0 fully saturated rings. The van der Waals surface area contributed by atoms with Crippen LogP contribution in [-0.4, -0.2) is 11.6 Å². The smallest absolute Gasteiger partial charge is 0.186 e. The number of allylic oxidation sites excluding steroid dienone is 10. The van der Waals surface area contributed by atoms with Crippen LogP contribution in [0.5, 0.6) is 0 Å². The molecule has 0 unspecified atom stereocenters. The minimum absolute atomic E-state index is 0.0320. The molecule has 2 aliphatic rings. The van der Waals surface area contributed by atoms with E-state index in [1.54, 1.807) is 35.6 Å². The fourth-order valence-electron chi connectivity index (χ4n) is 7.62. The van der Waals surface area contributed by atoms with E-state index in [1.165, 1.54) is 11.3 Å². The SMILES string of the molecule is CC(C)(C)C1=CC(=C(N=Nc2cc(Cl)c(-c3cc(Cl)c(N=NC(=C4C=C(C(C)(C)C)C(=O)C(C(C)(C)C)=C4)c4cc5ccccc5s4)cc3Cl)cc2Cl)c2cccs2)C=C(C(C)(C)C)C1=O. The summed E-state index contributed by atoms with van der Waals surface area (Å²) in [6, 6.07) is 20.9. The summed E-state index contributed by atoms with van der Waals surface area (Å²) in [5, 5.41) is 23.3. The van der Waals surface area contributed by atoms with Crippen molar-refractivity contribution in [3.63, 3.8) is 0 Å². The first kappa shape index (κ1) is 49.4. The number of Topliss-reactive ketones (excluding diaryl/α,β-unsaturated/α-hetero) is 2. The van der Waals surface area contributed by atoms with Crippen LogP contribution in [0.4, 0.5) is 11.4 Å². The molecule has 0 saturated heterocycles. The van der Waals surface area contributed by atoms with Gasteiger partial charge in [0.25, 0.3) is 0 Å². The Morgan fingerprint density at radius 2 is 0.894 bits per heavy atom. The number of benzene rings is 3. The highest BCUT2D eigenvalue weighted by Gasteiger charge is 2.36. The fourth-order valence-corrected chi connectivity index (χ4v) is 10.3. The summed E-state index contributed by atoms with van der Waals surface area (Å²) in [6.07, 6.45) is 7.75. The molecule has 7 rings (SSSR count). The Balaban J connectivity index is 1.29. The number of azo groups is 2. The lowest BCUT2D eigenvalue weighted by Crippen LogP contribution is -2.28. The van der Waals surface area contributed by atoms with Crippen LogP contribution < -0.4 is 0 Å². The number of halogens is 4. The maximum absolute atomic E-state index is 13.9. The largest absolute Gasteiger partial charge is 0.289 e. The van der Waals surface area contributed by atoms with E-state index in [-0.39, 0.29) is 21.6 Å². The van der Waals surface area contributed by atoms with Gasteiger partial charge in [0.2, 0.25) is 0 Å². The van der Waals surface area contributed by atoms with Gasteiger partial charge in [0.05, 0.1) is 29.8 Å². The van der Waals surface area contributed by atoms with Gasteiger partial charge in [-0.05, 0) is 99.2 Å². The van der Waals surface area contributed by atoms with Gasteiger partial charge in [0, 0.05) is 49.3 Å². The number of ketones is 2. The normalized spacial score (nSPS) is 15.5. The summed E-state index contributed by atoms with van der Waals surface area (Å²) in [4.78, 5) is 29.4. The summed E-state index contributed by atoms with van der Waals surface area (Å²) >= 11 is 31.1. The quantitative estimate of drug-likeness (QED) is 0.152. The number of fused-ring (bicyclic) bond motifs is 1. The van der Waals surface area contributed by atoms with Gasteiger partial charge in [-0.1, -0.05) is 154 Å². The van der Waals surface area contributed by atoms with Gasteiger partial charge in [-0.25, -0.2) is 0 Å². The molecule has 66 heavy (non-hydrogen) atoms. The van der Waals surface area contributed by atoms with E-state index >= 15 is 0 Å². The van der Waals surface area contributed by atoms with Crippen LogP contribution in [0.25, 0.3) is 32.6 Å². The first-order chi connectivity index (χ1) is 30.7. The third-order valence-electron chi connectivity index (χ3n) is 11.2. The number of hydrogen-bond donors (Lipinski definition) is 0. The minimum Gasteiger partial charge on any atom is -0.289 e. The van der Waals surface area contributed by atoms with Crippen molar-refractivity contribution in [2.75, 3.05) is 0 Å². The van der Waals surface area contributed by atoms with E-state index < -0.39 is 21.7 Å². The van der Waals surface area contributed by atoms with Crippen LogP contribution in [0.3, 0.4) is 0 Å². The second-order valence-electron chi connectivity index (χ2n) is 20.6. The van der Waals surface area contributed by atoms with Gasteiger partial charge < -0.3 is 0 Å². The molecule has 12 heteroatoms. The molecular formula is C54H52Cl4N4O2S2. The van der Waals surface area contributed by atoms with Crippen LogP contribution in [0, 0.1) is 21.7 Å². The highest BCUT2D eigenvalue weighted by Crippen LogP contribution is 2.47. The molecule has 0 atom stereocenters. The third-order valence-corrected chi connectivity index (χ3v) is 14.5. The lowest BCUT2D eigenvalue weighted by molar-refractivity contribution is -0.114. The lowest BCUT2D eigenvalue weighted by Gasteiger charge is -2.31. The van der Waals surface area contributed by atoms with Crippen molar-refractivity contribution in [2.24, 2.45) is 42.1 Å². The topological polar surface area (TPSA) is 83.6 Å². The minimum atomic E-state index is -0.419. The maximum Gasteiger partial charge on any atom is 0.186 e. The highest BCUT2D eigenvalue weighted by molar-refractivity contribution is 7.20. The number of rotatable bonds is 7. The third kappa shape index (κ3) is 10.4. The summed E-state index contributed by atoms with van der Waals surface area (Å²) in [6.45, 7) is 24.5. The molecule has 2 aromatic heterocycles. The molecule has 0 radical (unpaired) electrons. The summed E-state index contributed by atoms with van der Waals surface area (Å²) in [7, 11) is 0. The van der Waals surface area contributed by atoms with Crippen LogP contribution in [0.15, 0.2) is 150 Å². The molecule has 0 spiro atoms. The highest BCUT2D eigenvalue weighted by atomic mass is 35.5. The standard InChI is InChI=1S/C54H52Cl4N4O2S2/c1-51(2,3)34-20-30(21-35(49(34)63)52(4,5)6)47(45-18-15-19-65-45)61-59-42-27-38(55)32(25-40(42)57)33-26-41(58)43(28-39(33)56)60-62-48(46-24-29-16-13-14-17-44(29)66-46)31-22-36(53(7,8)9)50(64)37(23-31)54(10,11)12/h13-28H,1-12H3. The first-order valence-electron chi connectivity index (χ1n) is 21.5. The molecular weight excluding hydrogens is 943 g/mol.